The predicted octanol–water partition coefficient (Wildman–Crippen LogP) is 0.531. The molecule has 1 aromatic rings. The van der Waals surface area contributed by atoms with Crippen LogP contribution in [0.1, 0.15) is 20.8 Å². The molecule has 0 fully saturated rings. The summed E-state index contributed by atoms with van der Waals surface area (Å²) in [6.07, 6.45) is 0. The molecule has 5 heteroatoms. The van der Waals surface area contributed by atoms with Crippen LogP contribution in [0.25, 0.3) is 0 Å². The lowest BCUT2D eigenvalue weighted by atomic mass is 10.2. The molecule has 2 heterocycles. The molecule has 0 aliphatic carbocycles. The van der Waals surface area contributed by atoms with Gasteiger partial charge in [0, 0.05) is 0 Å². The van der Waals surface area contributed by atoms with Gasteiger partial charge in [0.2, 0.25) is 5.95 Å². The number of nitrogens with zero attached hydrogens (tertiary/aromatic N) is 1. The molecule has 0 saturated heterocycles. The number of cyclic esters (lactones) is 2. The van der Waals surface area contributed by atoms with Crippen LogP contribution in [0.3, 0.4) is 0 Å². The van der Waals surface area contributed by atoms with Gasteiger partial charge in [0.15, 0.2) is 5.69 Å². The van der Waals surface area contributed by atoms with Crippen molar-refractivity contribution in [2.45, 2.75) is 0 Å². The van der Waals surface area contributed by atoms with Gasteiger partial charge in [-0.3, -0.25) is 0 Å². The van der Waals surface area contributed by atoms with Crippen molar-refractivity contribution in [1.29, 1.82) is 0 Å². The zero-order chi connectivity index (χ0) is 8.72. The maximum Gasteiger partial charge on any atom is 0.365 e. The summed E-state index contributed by atoms with van der Waals surface area (Å²) in [5.74, 6) is -2.47. The molecule has 0 unspecified atom stereocenters. The molecule has 60 valence electrons. The molecule has 1 aliphatic heterocycles. The van der Waals surface area contributed by atoms with E-state index in [-0.39, 0.29) is 11.3 Å². The van der Waals surface area contributed by atoms with Crippen LogP contribution in [-0.4, -0.2) is 16.9 Å². The molecular formula is C7H2FNO3. The summed E-state index contributed by atoms with van der Waals surface area (Å²) in [4.78, 5) is 24.8. The van der Waals surface area contributed by atoms with Crippen LogP contribution >= 0.6 is 0 Å². The summed E-state index contributed by atoms with van der Waals surface area (Å²) in [6.45, 7) is 0. The van der Waals surface area contributed by atoms with E-state index < -0.39 is 17.9 Å². The first kappa shape index (κ1) is 6.90. The van der Waals surface area contributed by atoms with Crippen LogP contribution in [0.15, 0.2) is 12.1 Å². The van der Waals surface area contributed by atoms with E-state index in [0.29, 0.717) is 0 Å². The van der Waals surface area contributed by atoms with Crippen molar-refractivity contribution in [3.63, 3.8) is 0 Å². The Kier molecular flexibility index (Phi) is 1.21. The summed E-state index contributed by atoms with van der Waals surface area (Å²) in [7, 11) is 0. The quantitative estimate of drug-likeness (QED) is 0.321. The highest BCUT2D eigenvalue weighted by molar-refractivity contribution is 6.13. The van der Waals surface area contributed by atoms with Crippen LogP contribution in [0, 0.1) is 5.95 Å². The van der Waals surface area contributed by atoms with Crippen LogP contribution < -0.4 is 0 Å². The van der Waals surface area contributed by atoms with Gasteiger partial charge >= 0.3 is 11.9 Å². The van der Waals surface area contributed by atoms with Gasteiger partial charge in [-0.05, 0) is 12.1 Å². The summed E-state index contributed by atoms with van der Waals surface area (Å²) in [5, 5.41) is 0. The SMILES string of the molecule is O=C1OC(=O)c2nc(F)ccc21. The normalized spacial score (nSPS) is 14.4. The Balaban J connectivity index is 2.68. The van der Waals surface area contributed by atoms with E-state index in [1.54, 1.807) is 0 Å². The Morgan fingerprint density at radius 1 is 1.25 bits per heavy atom. The van der Waals surface area contributed by atoms with Crippen molar-refractivity contribution >= 4 is 11.9 Å². The second kappa shape index (κ2) is 2.10. The van der Waals surface area contributed by atoms with Crippen molar-refractivity contribution in [3.8, 4) is 0 Å². The molecule has 0 spiro atoms. The van der Waals surface area contributed by atoms with E-state index in [1.807, 2.05) is 0 Å². The smallest absolute Gasteiger partial charge is 0.365 e. The van der Waals surface area contributed by atoms with Crippen molar-refractivity contribution < 1.29 is 18.7 Å². The van der Waals surface area contributed by atoms with E-state index >= 15 is 0 Å². The van der Waals surface area contributed by atoms with E-state index in [4.69, 9.17) is 0 Å². The van der Waals surface area contributed by atoms with Gasteiger partial charge in [0.25, 0.3) is 0 Å². The fraction of sp³-hybridized carbons (Fsp3) is 0. The molecule has 0 bridgehead atoms. The molecule has 0 atom stereocenters. The minimum atomic E-state index is -0.894. The number of fused-ring (bicyclic) bond motifs is 1. The van der Waals surface area contributed by atoms with E-state index in [9.17, 15) is 14.0 Å². The Morgan fingerprint density at radius 3 is 2.75 bits per heavy atom. The van der Waals surface area contributed by atoms with Crippen LogP contribution in [0.4, 0.5) is 4.39 Å². The first-order valence-electron chi connectivity index (χ1n) is 3.11. The molecular weight excluding hydrogens is 165 g/mol. The standard InChI is InChI=1S/C7H2FNO3/c8-4-2-1-3-5(9-4)7(11)12-6(3)10/h1-2H. The van der Waals surface area contributed by atoms with Crippen LogP contribution in [-0.2, 0) is 4.74 Å². The number of carbonyl (C=O) groups excluding carboxylic acids is 2. The Labute approximate surface area is 66.0 Å². The lowest BCUT2D eigenvalue weighted by Gasteiger charge is -1.88. The predicted molar refractivity (Wildman–Crippen MR) is 33.9 cm³/mol. The number of hydrogen-bond donors (Lipinski definition) is 0. The van der Waals surface area contributed by atoms with E-state index in [1.165, 1.54) is 6.07 Å². The molecule has 1 aromatic heterocycles. The maximum absolute atomic E-state index is 12.4. The van der Waals surface area contributed by atoms with Crippen molar-refractivity contribution in [1.82, 2.24) is 4.98 Å². The third-order valence-corrected chi connectivity index (χ3v) is 1.46. The lowest BCUT2D eigenvalue weighted by Crippen LogP contribution is -1.99. The highest BCUT2D eigenvalue weighted by Gasteiger charge is 2.31. The number of aromatic nitrogens is 1. The first-order valence-corrected chi connectivity index (χ1v) is 3.11. The van der Waals surface area contributed by atoms with E-state index in [2.05, 4.69) is 9.72 Å². The number of hydrogen-bond acceptors (Lipinski definition) is 4. The van der Waals surface area contributed by atoms with Gasteiger partial charge in [-0.2, -0.15) is 4.39 Å². The molecule has 12 heavy (non-hydrogen) atoms. The maximum atomic E-state index is 12.4. The van der Waals surface area contributed by atoms with Crippen molar-refractivity contribution in [2.75, 3.05) is 0 Å². The van der Waals surface area contributed by atoms with Gasteiger partial charge in [-0.15, -0.1) is 0 Å². The molecule has 0 N–H and O–H groups in total. The Morgan fingerprint density at radius 2 is 2.00 bits per heavy atom. The van der Waals surface area contributed by atoms with Gasteiger partial charge in [-0.25, -0.2) is 14.6 Å². The third-order valence-electron chi connectivity index (χ3n) is 1.46. The van der Waals surface area contributed by atoms with E-state index in [0.717, 1.165) is 6.07 Å². The second-order valence-electron chi connectivity index (χ2n) is 2.21. The van der Waals surface area contributed by atoms with Gasteiger partial charge in [-0.1, -0.05) is 0 Å². The molecule has 0 aromatic carbocycles. The van der Waals surface area contributed by atoms with Crippen molar-refractivity contribution in [2.24, 2.45) is 0 Å². The van der Waals surface area contributed by atoms with Gasteiger partial charge in [0.1, 0.15) is 0 Å². The fourth-order valence-electron chi connectivity index (χ4n) is 0.943. The van der Waals surface area contributed by atoms with Gasteiger partial charge < -0.3 is 4.74 Å². The van der Waals surface area contributed by atoms with Gasteiger partial charge in [0.05, 0.1) is 5.56 Å². The first-order chi connectivity index (χ1) is 5.68. The topological polar surface area (TPSA) is 56.3 Å². The molecule has 4 nitrogen and oxygen atoms in total. The van der Waals surface area contributed by atoms with Crippen molar-refractivity contribution in [3.05, 3.63) is 29.3 Å². The molecule has 0 radical (unpaired) electrons. The molecule has 1 aliphatic rings. The Bertz CT molecular complexity index is 388. The summed E-state index contributed by atoms with van der Waals surface area (Å²) < 4.78 is 16.6. The number of ether oxygens (including phenoxy) is 1. The van der Waals surface area contributed by atoms with Crippen LogP contribution in [0.2, 0.25) is 0 Å². The highest BCUT2D eigenvalue weighted by Crippen LogP contribution is 2.17. The average molecular weight is 167 g/mol. The summed E-state index contributed by atoms with van der Waals surface area (Å²) in [6, 6.07) is 2.17. The zero-order valence-electron chi connectivity index (χ0n) is 5.70. The summed E-state index contributed by atoms with van der Waals surface area (Å²) in [5.41, 5.74) is -0.235. The third kappa shape index (κ3) is 0.795. The number of halogens is 1. The molecule has 0 amide bonds. The highest BCUT2D eigenvalue weighted by atomic mass is 19.1. The largest absolute Gasteiger partial charge is 0.384 e. The number of pyridine rings is 1. The Hall–Kier alpha value is -1.78. The average Bonchev–Trinajstić information content (AvgIpc) is 2.28. The summed E-state index contributed by atoms with van der Waals surface area (Å²) >= 11 is 0. The fourth-order valence-corrected chi connectivity index (χ4v) is 0.943. The second-order valence-corrected chi connectivity index (χ2v) is 2.21. The monoisotopic (exact) mass is 167 g/mol. The number of carbonyl (C=O) groups is 2. The molecule has 0 saturated carbocycles. The molecule has 2 rings (SSSR count). The number of rotatable bonds is 0. The number of esters is 2. The lowest BCUT2D eigenvalue weighted by molar-refractivity contribution is 0.0441. The van der Waals surface area contributed by atoms with Crippen LogP contribution in [0.5, 0.6) is 0 Å². The minimum Gasteiger partial charge on any atom is -0.384 e. The zero-order valence-corrected chi connectivity index (χ0v) is 5.70. The minimum absolute atomic E-state index is 0.0152.